The summed E-state index contributed by atoms with van der Waals surface area (Å²) in [4.78, 5) is 39.3. The van der Waals surface area contributed by atoms with Crippen LogP contribution in [0, 0.1) is 11.3 Å². The Kier molecular flexibility index (Phi) is 6.38. The Morgan fingerprint density at radius 3 is 2.42 bits per heavy atom. The number of carbonyl (C=O) groups is 3. The predicted molar refractivity (Wildman–Crippen MR) is 116 cm³/mol. The maximum Gasteiger partial charge on any atom is 0.344 e. The van der Waals surface area contributed by atoms with Gasteiger partial charge in [-0.15, -0.1) is 0 Å². The molecule has 1 aliphatic carbocycles. The molecule has 0 aromatic heterocycles. The SMILES string of the molecule is N#Cc1ccccc1S(=O)(=O)N1CCN(CC(=O)NN2C(=O)NC3(CCCCC3)C2=O)CC1. The molecule has 4 rings (SSSR count). The van der Waals surface area contributed by atoms with Gasteiger partial charge in [0, 0.05) is 26.2 Å². The monoisotopic (exact) mass is 474 g/mol. The highest BCUT2D eigenvalue weighted by atomic mass is 32.2. The number of hydrazine groups is 1. The van der Waals surface area contributed by atoms with E-state index < -0.39 is 33.4 Å². The summed E-state index contributed by atoms with van der Waals surface area (Å²) in [6.07, 6.45) is 3.84. The van der Waals surface area contributed by atoms with Crippen LogP contribution in [0.4, 0.5) is 4.79 Å². The van der Waals surface area contributed by atoms with Crippen molar-refractivity contribution in [2.24, 2.45) is 0 Å². The van der Waals surface area contributed by atoms with Crippen molar-refractivity contribution in [3.05, 3.63) is 29.8 Å². The number of amides is 4. The van der Waals surface area contributed by atoms with Gasteiger partial charge < -0.3 is 5.32 Å². The van der Waals surface area contributed by atoms with E-state index in [1.807, 2.05) is 6.07 Å². The average Bonchev–Trinajstić information content (AvgIpc) is 3.03. The molecule has 3 aliphatic rings. The summed E-state index contributed by atoms with van der Waals surface area (Å²) >= 11 is 0. The summed E-state index contributed by atoms with van der Waals surface area (Å²) in [5.74, 6) is -0.940. The molecular weight excluding hydrogens is 448 g/mol. The molecule has 2 saturated heterocycles. The fourth-order valence-corrected chi connectivity index (χ4v) is 6.19. The van der Waals surface area contributed by atoms with Crippen molar-refractivity contribution in [3.63, 3.8) is 0 Å². The van der Waals surface area contributed by atoms with Crippen LogP contribution in [0.25, 0.3) is 0 Å². The van der Waals surface area contributed by atoms with Crippen molar-refractivity contribution in [1.29, 1.82) is 5.26 Å². The van der Waals surface area contributed by atoms with E-state index in [-0.39, 0.29) is 30.1 Å². The molecule has 1 aromatic carbocycles. The molecule has 2 aliphatic heterocycles. The first-order valence-electron chi connectivity index (χ1n) is 10.9. The molecule has 0 radical (unpaired) electrons. The molecule has 1 spiro atoms. The Hall–Kier alpha value is -3.01. The lowest BCUT2D eigenvalue weighted by atomic mass is 9.82. The fourth-order valence-electron chi connectivity index (χ4n) is 4.63. The summed E-state index contributed by atoms with van der Waals surface area (Å²) < 4.78 is 27.2. The Bertz CT molecular complexity index is 1100. The largest absolute Gasteiger partial charge is 0.344 e. The summed E-state index contributed by atoms with van der Waals surface area (Å²) in [6.45, 7) is 0.826. The predicted octanol–water partition coefficient (Wildman–Crippen LogP) is 0.150. The molecule has 0 unspecified atom stereocenters. The van der Waals surface area contributed by atoms with Crippen LogP contribution in [-0.4, -0.2) is 78.7 Å². The molecule has 2 N–H and O–H groups in total. The van der Waals surface area contributed by atoms with Gasteiger partial charge in [-0.05, 0) is 25.0 Å². The number of carbonyl (C=O) groups excluding carboxylic acids is 3. The second kappa shape index (κ2) is 9.09. The molecule has 11 nitrogen and oxygen atoms in total. The van der Waals surface area contributed by atoms with Gasteiger partial charge in [-0.3, -0.25) is 19.9 Å². The van der Waals surface area contributed by atoms with Crippen LogP contribution < -0.4 is 10.7 Å². The normalized spacial score (nSPS) is 21.6. The van der Waals surface area contributed by atoms with Gasteiger partial charge >= 0.3 is 6.03 Å². The molecule has 1 aromatic rings. The highest BCUT2D eigenvalue weighted by Crippen LogP contribution is 2.33. The summed E-state index contributed by atoms with van der Waals surface area (Å²) in [7, 11) is -3.83. The zero-order valence-corrected chi connectivity index (χ0v) is 18.9. The second-order valence-electron chi connectivity index (χ2n) is 8.54. The van der Waals surface area contributed by atoms with Gasteiger partial charge in [0.1, 0.15) is 11.6 Å². The van der Waals surface area contributed by atoms with Gasteiger partial charge in [-0.2, -0.15) is 14.6 Å². The summed E-state index contributed by atoms with van der Waals surface area (Å²) in [5, 5.41) is 12.7. The first-order chi connectivity index (χ1) is 15.8. The molecule has 0 bridgehead atoms. The number of sulfonamides is 1. The number of rotatable bonds is 5. The van der Waals surface area contributed by atoms with E-state index in [1.54, 1.807) is 17.0 Å². The number of nitriles is 1. The van der Waals surface area contributed by atoms with E-state index in [4.69, 9.17) is 0 Å². The lowest BCUT2D eigenvalue weighted by Crippen LogP contribution is -2.54. The lowest BCUT2D eigenvalue weighted by Gasteiger charge is -2.34. The highest BCUT2D eigenvalue weighted by molar-refractivity contribution is 7.89. The minimum absolute atomic E-state index is 0.0334. The highest BCUT2D eigenvalue weighted by Gasteiger charge is 2.52. The van der Waals surface area contributed by atoms with Gasteiger partial charge in [0.25, 0.3) is 11.8 Å². The molecule has 33 heavy (non-hydrogen) atoms. The standard InChI is InChI=1S/C21H26N6O5S/c22-14-16-6-2-3-7-17(16)33(31,32)26-12-10-25(11-13-26)15-18(28)24-27-19(29)21(23-20(27)30)8-4-1-5-9-21/h2-3,6-7H,1,4-5,8-13,15H2,(H,23,30)(H,24,28). The molecule has 1 saturated carbocycles. The number of urea groups is 1. The molecule has 4 amide bonds. The van der Waals surface area contributed by atoms with Gasteiger partial charge in [0.15, 0.2) is 0 Å². The maximum atomic E-state index is 12.9. The van der Waals surface area contributed by atoms with Gasteiger partial charge in [0.2, 0.25) is 10.0 Å². The van der Waals surface area contributed by atoms with Gasteiger partial charge in [-0.1, -0.05) is 31.4 Å². The van der Waals surface area contributed by atoms with Gasteiger partial charge in [-0.25, -0.2) is 13.2 Å². The molecule has 0 atom stereocenters. The van der Waals surface area contributed by atoms with Crippen LogP contribution in [0.1, 0.15) is 37.7 Å². The van der Waals surface area contributed by atoms with E-state index in [9.17, 15) is 28.1 Å². The van der Waals surface area contributed by atoms with E-state index in [0.29, 0.717) is 25.9 Å². The van der Waals surface area contributed by atoms with Crippen molar-refractivity contribution in [1.82, 2.24) is 25.0 Å². The van der Waals surface area contributed by atoms with E-state index in [1.165, 1.54) is 16.4 Å². The van der Waals surface area contributed by atoms with Crippen LogP contribution >= 0.6 is 0 Å². The van der Waals surface area contributed by atoms with E-state index in [2.05, 4.69) is 10.7 Å². The van der Waals surface area contributed by atoms with E-state index >= 15 is 0 Å². The zero-order valence-electron chi connectivity index (χ0n) is 18.1. The third kappa shape index (κ3) is 4.44. The molecule has 3 fully saturated rings. The number of nitrogens with one attached hydrogen (secondary N) is 2. The Labute approximate surface area is 192 Å². The topological polar surface area (TPSA) is 143 Å². The van der Waals surface area contributed by atoms with Gasteiger partial charge in [0.05, 0.1) is 17.0 Å². The van der Waals surface area contributed by atoms with Crippen molar-refractivity contribution in [3.8, 4) is 6.07 Å². The van der Waals surface area contributed by atoms with E-state index in [0.717, 1.165) is 24.3 Å². The summed E-state index contributed by atoms with van der Waals surface area (Å²) in [5.41, 5.74) is 1.58. The molecule has 176 valence electrons. The van der Waals surface area contributed by atoms with Crippen LogP contribution in [0.15, 0.2) is 29.2 Å². The number of imide groups is 1. The zero-order chi connectivity index (χ0) is 23.6. The Balaban J connectivity index is 1.32. The van der Waals surface area contributed by atoms with Crippen LogP contribution in [0.2, 0.25) is 0 Å². The Morgan fingerprint density at radius 1 is 1.09 bits per heavy atom. The Morgan fingerprint density at radius 2 is 1.76 bits per heavy atom. The number of benzene rings is 1. The molecule has 12 heteroatoms. The van der Waals surface area contributed by atoms with Crippen LogP contribution in [0.5, 0.6) is 0 Å². The first kappa shape index (κ1) is 23.2. The number of hydrogen-bond acceptors (Lipinski definition) is 7. The minimum Gasteiger partial charge on any atom is -0.322 e. The molecular formula is C21H26N6O5S. The van der Waals surface area contributed by atoms with Crippen molar-refractivity contribution < 1.29 is 22.8 Å². The third-order valence-electron chi connectivity index (χ3n) is 6.43. The quantitative estimate of drug-likeness (QED) is 0.578. The van der Waals surface area contributed by atoms with Crippen LogP contribution in [0.3, 0.4) is 0 Å². The van der Waals surface area contributed by atoms with Crippen molar-refractivity contribution >= 4 is 27.9 Å². The number of piperazine rings is 1. The number of hydrogen-bond donors (Lipinski definition) is 2. The average molecular weight is 475 g/mol. The number of nitrogens with zero attached hydrogens (tertiary/aromatic N) is 4. The molecule has 2 heterocycles. The van der Waals surface area contributed by atoms with Crippen molar-refractivity contribution in [2.45, 2.75) is 42.5 Å². The first-order valence-corrected chi connectivity index (χ1v) is 12.4. The van der Waals surface area contributed by atoms with Crippen molar-refractivity contribution in [2.75, 3.05) is 32.7 Å². The fraction of sp³-hybridized carbons (Fsp3) is 0.524. The lowest BCUT2D eigenvalue weighted by molar-refractivity contribution is -0.140. The summed E-state index contributed by atoms with van der Waals surface area (Å²) in [6, 6.07) is 7.33. The van der Waals surface area contributed by atoms with Crippen LogP contribution in [-0.2, 0) is 19.6 Å². The maximum absolute atomic E-state index is 12.9. The minimum atomic E-state index is -3.83. The third-order valence-corrected chi connectivity index (χ3v) is 8.39. The second-order valence-corrected chi connectivity index (χ2v) is 10.4. The smallest absolute Gasteiger partial charge is 0.322 e.